The van der Waals surface area contributed by atoms with Gasteiger partial charge in [0.15, 0.2) is 12.4 Å². The van der Waals surface area contributed by atoms with Gasteiger partial charge in [-0.25, -0.2) is 9.86 Å². The van der Waals surface area contributed by atoms with E-state index in [0.717, 1.165) is 40.3 Å². The Hall–Kier alpha value is -3.83. The summed E-state index contributed by atoms with van der Waals surface area (Å²) < 4.78 is 10.9. The Morgan fingerprint density at radius 3 is 2.44 bits per heavy atom. The summed E-state index contributed by atoms with van der Waals surface area (Å²) in [6.45, 7) is 11.5. The van der Waals surface area contributed by atoms with E-state index in [-0.39, 0.29) is 24.6 Å². The molecule has 2 aromatic carbocycles. The molecule has 0 spiro atoms. The highest BCUT2D eigenvalue weighted by molar-refractivity contribution is 5.99. The zero-order valence-electron chi connectivity index (χ0n) is 23.6. The van der Waals surface area contributed by atoms with E-state index in [0.29, 0.717) is 30.2 Å². The predicted octanol–water partition coefficient (Wildman–Crippen LogP) is 5.47. The second kappa shape index (κ2) is 10.7. The predicted molar refractivity (Wildman–Crippen MR) is 151 cm³/mol. The summed E-state index contributed by atoms with van der Waals surface area (Å²) in [5, 5.41) is 11.9. The van der Waals surface area contributed by atoms with Crippen LogP contribution in [-0.4, -0.2) is 41.7 Å². The first-order valence-corrected chi connectivity index (χ1v) is 13.2. The van der Waals surface area contributed by atoms with Crippen molar-refractivity contribution < 1.29 is 24.3 Å². The number of carbonyl (C=O) groups excluding carboxylic acids is 2. The van der Waals surface area contributed by atoms with Crippen LogP contribution in [0.25, 0.3) is 0 Å². The van der Waals surface area contributed by atoms with Crippen LogP contribution >= 0.6 is 0 Å². The zero-order valence-corrected chi connectivity index (χ0v) is 23.6. The lowest BCUT2D eigenvalue weighted by Crippen LogP contribution is -2.36. The molecule has 0 unspecified atom stereocenters. The fourth-order valence-corrected chi connectivity index (χ4v) is 4.76. The highest BCUT2D eigenvalue weighted by Crippen LogP contribution is 2.42. The number of hydrogen-bond donors (Lipinski definition) is 1. The van der Waals surface area contributed by atoms with Gasteiger partial charge in [0.2, 0.25) is 0 Å². The summed E-state index contributed by atoms with van der Waals surface area (Å²) >= 11 is 0. The lowest BCUT2D eigenvalue weighted by atomic mass is 9.97. The van der Waals surface area contributed by atoms with Crippen molar-refractivity contribution in [2.45, 2.75) is 72.6 Å². The van der Waals surface area contributed by atoms with E-state index >= 15 is 0 Å². The molecule has 4 rings (SSSR count). The molecule has 0 saturated carbocycles. The summed E-state index contributed by atoms with van der Waals surface area (Å²) in [7, 11) is 0. The number of anilines is 2. The van der Waals surface area contributed by atoms with Crippen molar-refractivity contribution in [1.29, 1.82) is 0 Å². The van der Waals surface area contributed by atoms with Gasteiger partial charge in [-0.3, -0.25) is 15.0 Å². The Labute approximate surface area is 230 Å². The van der Waals surface area contributed by atoms with Crippen molar-refractivity contribution in [3.05, 3.63) is 58.7 Å². The Kier molecular flexibility index (Phi) is 7.76. The number of hydroxylamine groups is 1. The van der Waals surface area contributed by atoms with Crippen LogP contribution < -0.4 is 9.96 Å². The molecule has 0 bridgehead atoms. The Morgan fingerprint density at radius 1 is 1.13 bits per heavy atom. The standard InChI is InChI=1S/C31H37N3O5/c1-8-15-33(23-12-9-20(10-13-23)28(35)39-31(5,6)7)25-14-11-21-17-26-22(16-24(21)25)18-32-27(34(26)37)19-38-29(36)30(2,3)4/h1,9-10,12-13,16-17,25,37H,11,14-15,18-19H2,2-7H3/t25-/m0/s1. The largest absolute Gasteiger partial charge is 0.457 e. The molecule has 2 aliphatic rings. The summed E-state index contributed by atoms with van der Waals surface area (Å²) in [5.41, 5.74) is 4.00. The molecule has 206 valence electrons. The fraction of sp³-hybridized carbons (Fsp3) is 0.452. The molecule has 1 aliphatic carbocycles. The van der Waals surface area contributed by atoms with Crippen molar-refractivity contribution in [3.8, 4) is 12.3 Å². The number of fused-ring (bicyclic) bond motifs is 2. The number of aryl methyl sites for hydroxylation is 1. The zero-order chi connectivity index (χ0) is 28.5. The minimum atomic E-state index is -0.635. The highest BCUT2D eigenvalue weighted by atomic mass is 16.6. The maximum absolute atomic E-state index is 12.5. The first kappa shape index (κ1) is 28.2. The van der Waals surface area contributed by atoms with Gasteiger partial charge in [-0.1, -0.05) is 5.92 Å². The molecule has 1 N–H and O–H groups in total. The average Bonchev–Trinajstić information content (AvgIpc) is 3.27. The molecule has 0 radical (unpaired) electrons. The molecule has 39 heavy (non-hydrogen) atoms. The third-order valence-electron chi connectivity index (χ3n) is 6.71. The molecule has 1 heterocycles. The number of amidine groups is 1. The van der Waals surface area contributed by atoms with Crippen LogP contribution in [0.3, 0.4) is 0 Å². The van der Waals surface area contributed by atoms with E-state index in [9.17, 15) is 14.8 Å². The van der Waals surface area contributed by atoms with Crippen LogP contribution in [0.5, 0.6) is 0 Å². The summed E-state index contributed by atoms with van der Waals surface area (Å²) in [4.78, 5) is 31.3. The number of ether oxygens (including phenoxy) is 2. The van der Waals surface area contributed by atoms with Crippen molar-refractivity contribution in [2.24, 2.45) is 10.4 Å². The van der Waals surface area contributed by atoms with Gasteiger partial charge in [0.25, 0.3) is 0 Å². The number of benzene rings is 2. The van der Waals surface area contributed by atoms with E-state index in [2.05, 4.69) is 21.9 Å². The first-order chi connectivity index (χ1) is 18.3. The third kappa shape index (κ3) is 6.26. The molecule has 8 nitrogen and oxygen atoms in total. The second-order valence-corrected chi connectivity index (χ2v) is 12.0. The van der Waals surface area contributed by atoms with Gasteiger partial charge < -0.3 is 14.4 Å². The van der Waals surface area contributed by atoms with Crippen LogP contribution in [0.15, 0.2) is 41.4 Å². The fourth-order valence-electron chi connectivity index (χ4n) is 4.76. The Bertz CT molecular complexity index is 1330. The first-order valence-electron chi connectivity index (χ1n) is 13.2. The summed E-state index contributed by atoms with van der Waals surface area (Å²) in [5.74, 6) is 2.36. The van der Waals surface area contributed by atoms with Gasteiger partial charge in [0.1, 0.15) is 5.60 Å². The summed E-state index contributed by atoms with van der Waals surface area (Å²) in [6.07, 6.45) is 7.44. The lowest BCUT2D eigenvalue weighted by molar-refractivity contribution is -0.151. The number of rotatable bonds is 6. The van der Waals surface area contributed by atoms with Crippen molar-refractivity contribution >= 4 is 29.1 Å². The molecule has 8 heteroatoms. The number of esters is 2. The Morgan fingerprint density at radius 2 is 1.82 bits per heavy atom. The normalized spacial score (nSPS) is 16.5. The molecule has 0 saturated heterocycles. The minimum Gasteiger partial charge on any atom is -0.457 e. The van der Waals surface area contributed by atoms with Crippen LogP contribution in [0.2, 0.25) is 0 Å². The smallest absolute Gasteiger partial charge is 0.338 e. The van der Waals surface area contributed by atoms with E-state index in [1.165, 1.54) is 0 Å². The highest BCUT2D eigenvalue weighted by Gasteiger charge is 2.32. The van der Waals surface area contributed by atoms with Gasteiger partial charge in [0, 0.05) is 11.3 Å². The molecule has 0 amide bonds. The SMILES string of the molecule is C#CCN(c1ccc(C(=O)OC(C)(C)C)cc1)[C@H]1CCc2cc3c(cc21)CN=C(COC(=O)C(C)(C)C)N3O. The van der Waals surface area contributed by atoms with Crippen LogP contribution in [0.1, 0.15) is 81.1 Å². The maximum Gasteiger partial charge on any atom is 0.338 e. The molecule has 0 aromatic heterocycles. The summed E-state index contributed by atoms with van der Waals surface area (Å²) in [6, 6.07) is 11.5. The number of carbonyl (C=O) groups is 2. The number of nitrogens with zero attached hydrogens (tertiary/aromatic N) is 3. The van der Waals surface area contributed by atoms with E-state index in [1.807, 2.05) is 39.0 Å². The van der Waals surface area contributed by atoms with Gasteiger partial charge in [0.05, 0.1) is 35.8 Å². The maximum atomic E-state index is 12.5. The van der Waals surface area contributed by atoms with Crippen molar-refractivity contribution in [3.63, 3.8) is 0 Å². The van der Waals surface area contributed by atoms with E-state index < -0.39 is 11.0 Å². The topological polar surface area (TPSA) is 91.7 Å². The van der Waals surface area contributed by atoms with Crippen LogP contribution in [-0.2, 0) is 27.2 Å². The van der Waals surface area contributed by atoms with Gasteiger partial charge in [-0.2, -0.15) is 0 Å². The van der Waals surface area contributed by atoms with Crippen molar-refractivity contribution in [1.82, 2.24) is 0 Å². The third-order valence-corrected chi connectivity index (χ3v) is 6.71. The molecular weight excluding hydrogens is 494 g/mol. The monoisotopic (exact) mass is 531 g/mol. The van der Waals surface area contributed by atoms with Gasteiger partial charge >= 0.3 is 11.9 Å². The molecule has 1 aliphatic heterocycles. The lowest BCUT2D eigenvalue weighted by Gasteiger charge is -2.32. The number of terminal acetylenes is 1. The average molecular weight is 532 g/mol. The minimum absolute atomic E-state index is 0.0407. The van der Waals surface area contributed by atoms with Gasteiger partial charge in [-0.05, 0) is 102 Å². The number of hydrogen-bond acceptors (Lipinski definition) is 8. The molecule has 2 aromatic rings. The van der Waals surface area contributed by atoms with Crippen LogP contribution in [0.4, 0.5) is 11.4 Å². The molecular formula is C31H37N3O5. The van der Waals surface area contributed by atoms with Crippen molar-refractivity contribution in [2.75, 3.05) is 23.1 Å². The van der Waals surface area contributed by atoms with E-state index in [4.69, 9.17) is 15.9 Å². The second-order valence-electron chi connectivity index (χ2n) is 12.0. The van der Waals surface area contributed by atoms with Gasteiger partial charge in [-0.15, -0.1) is 6.42 Å². The molecule has 0 fully saturated rings. The number of aliphatic imine (C=N–C) groups is 1. The van der Waals surface area contributed by atoms with Crippen LogP contribution in [0, 0.1) is 17.8 Å². The molecule has 1 atom stereocenters. The Balaban J connectivity index is 1.54. The van der Waals surface area contributed by atoms with E-state index in [1.54, 1.807) is 32.9 Å². The quantitative estimate of drug-likeness (QED) is 0.391.